The zero-order chi connectivity index (χ0) is 28.3. The van der Waals surface area contributed by atoms with Crippen LogP contribution in [0.5, 0.6) is 5.75 Å². The van der Waals surface area contributed by atoms with Gasteiger partial charge in [-0.25, -0.2) is 8.78 Å². The van der Waals surface area contributed by atoms with Gasteiger partial charge in [0.15, 0.2) is 17.9 Å². The number of ether oxygens (including phenoxy) is 3. The van der Waals surface area contributed by atoms with E-state index >= 15 is 0 Å². The molecule has 0 bridgehead atoms. The molecule has 1 aliphatic heterocycles. The lowest BCUT2D eigenvalue weighted by atomic mass is 9.98. The average molecular weight is 553 g/mol. The highest BCUT2D eigenvalue weighted by atomic mass is 19.2. The largest absolute Gasteiger partial charge is 0.490 e. The van der Waals surface area contributed by atoms with E-state index in [9.17, 15) is 13.2 Å². The Morgan fingerprint density at radius 3 is 2.15 bits per heavy atom. The van der Waals surface area contributed by atoms with E-state index in [2.05, 4.69) is 13.8 Å². The Kier molecular flexibility index (Phi) is 11.2. The number of rotatable bonds is 13. The fourth-order valence-electron chi connectivity index (χ4n) is 4.79. The number of hydrogen-bond acceptors (Lipinski definition) is 3. The van der Waals surface area contributed by atoms with Crippen molar-refractivity contribution in [2.45, 2.75) is 65.1 Å². The van der Waals surface area contributed by atoms with Crippen LogP contribution in [-0.4, -0.2) is 26.1 Å². The van der Waals surface area contributed by atoms with Gasteiger partial charge in [-0.05, 0) is 53.8 Å². The van der Waals surface area contributed by atoms with E-state index in [0.717, 1.165) is 31.2 Å². The molecular formula is C34H39F3O3. The van der Waals surface area contributed by atoms with E-state index in [4.69, 9.17) is 14.2 Å². The predicted molar refractivity (Wildman–Crippen MR) is 155 cm³/mol. The maximum atomic E-state index is 14.9. The lowest BCUT2D eigenvalue weighted by Crippen LogP contribution is -2.30. The maximum Gasteiger partial charge on any atom is 0.201 e. The Bertz CT molecular complexity index is 1250. The molecule has 40 heavy (non-hydrogen) atoms. The molecule has 1 aliphatic rings. The van der Waals surface area contributed by atoms with E-state index in [0.29, 0.717) is 42.4 Å². The van der Waals surface area contributed by atoms with E-state index in [1.54, 1.807) is 42.5 Å². The minimum absolute atomic E-state index is 0.0770. The van der Waals surface area contributed by atoms with Gasteiger partial charge in [0.25, 0.3) is 0 Å². The van der Waals surface area contributed by atoms with Crippen LogP contribution in [0.2, 0.25) is 0 Å². The molecule has 0 N–H and O–H groups in total. The van der Waals surface area contributed by atoms with Crippen molar-refractivity contribution >= 4 is 6.08 Å². The van der Waals surface area contributed by atoms with Crippen molar-refractivity contribution in [3.05, 3.63) is 83.7 Å². The SMILES string of the molecule is CCCCCOc1ccc(-c2ccc(-c3ccc(/C=C/C4OCC(CCCCC)CO4)c(F)c3)cc2)c(F)c1F. The van der Waals surface area contributed by atoms with E-state index in [-0.39, 0.29) is 17.1 Å². The van der Waals surface area contributed by atoms with Crippen LogP contribution < -0.4 is 4.74 Å². The standard InChI is InChI=1S/C34H39F3O3/c1-3-5-7-9-24-22-39-32(40-23-24)19-16-27-14-15-28(21-30(27)35)25-10-12-26(13-11-25)29-17-18-31(34(37)33(29)36)38-20-8-6-4-2/h10-19,21,24,32H,3-9,20,22-23H2,1-2H3/b19-16+. The molecule has 1 heterocycles. The summed E-state index contributed by atoms with van der Waals surface area (Å²) in [5.41, 5.74) is 2.56. The second-order valence-electron chi connectivity index (χ2n) is 10.4. The topological polar surface area (TPSA) is 27.7 Å². The van der Waals surface area contributed by atoms with Crippen LogP contribution in [0.15, 0.2) is 60.7 Å². The summed E-state index contributed by atoms with van der Waals surface area (Å²) in [6, 6.07) is 14.9. The number of halogens is 3. The first-order chi connectivity index (χ1) is 19.5. The first kappa shape index (κ1) is 29.9. The Hall–Kier alpha value is -3.09. The first-order valence-corrected chi connectivity index (χ1v) is 14.4. The minimum Gasteiger partial charge on any atom is -0.490 e. The molecule has 3 aromatic carbocycles. The van der Waals surface area contributed by atoms with Crippen molar-refractivity contribution < 1.29 is 27.4 Å². The molecule has 0 aliphatic carbocycles. The smallest absolute Gasteiger partial charge is 0.201 e. The Balaban J connectivity index is 1.37. The highest BCUT2D eigenvalue weighted by Gasteiger charge is 2.20. The number of benzene rings is 3. The van der Waals surface area contributed by atoms with Crippen molar-refractivity contribution in [3.8, 4) is 28.0 Å². The first-order valence-electron chi connectivity index (χ1n) is 14.4. The van der Waals surface area contributed by atoms with Gasteiger partial charge in [-0.3, -0.25) is 0 Å². The van der Waals surface area contributed by atoms with Crippen LogP contribution in [0.25, 0.3) is 28.3 Å². The Morgan fingerprint density at radius 2 is 1.45 bits per heavy atom. The molecular weight excluding hydrogens is 513 g/mol. The van der Waals surface area contributed by atoms with E-state index in [1.165, 1.54) is 37.5 Å². The van der Waals surface area contributed by atoms with Gasteiger partial charge in [0.2, 0.25) is 5.82 Å². The third-order valence-corrected chi connectivity index (χ3v) is 7.22. The summed E-state index contributed by atoms with van der Waals surface area (Å²) in [4.78, 5) is 0. The summed E-state index contributed by atoms with van der Waals surface area (Å²) < 4.78 is 61.3. The third-order valence-electron chi connectivity index (χ3n) is 7.22. The van der Waals surface area contributed by atoms with Gasteiger partial charge in [0.05, 0.1) is 19.8 Å². The minimum atomic E-state index is -0.986. The fourth-order valence-corrected chi connectivity index (χ4v) is 4.79. The lowest BCUT2D eigenvalue weighted by molar-refractivity contribution is -0.175. The van der Waals surface area contributed by atoms with Gasteiger partial charge in [0.1, 0.15) is 5.82 Å². The van der Waals surface area contributed by atoms with Crippen LogP contribution >= 0.6 is 0 Å². The summed E-state index contributed by atoms with van der Waals surface area (Å²) in [6.07, 6.45) is 10.4. The summed E-state index contributed by atoms with van der Waals surface area (Å²) in [5, 5.41) is 0. The molecule has 0 spiro atoms. The molecule has 0 radical (unpaired) electrons. The summed E-state index contributed by atoms with van der Waals surface area (Å²) in [6.45, 7) is 5.92. The molecule has 0 amide bonds. The van der Waals surface area contributed by atoms with Crippen LogP contribution in [0.3, 0.4) is 0 Å². The molecule has 3 nitrogen and oxygen atoms in total. The van der Waals surface area contributed by atoms with Gasteiger partial charge >= 0.3 is 0 Å². The zero-order valence-electron chi connectivity index (χ0n) is 23.4. The van der Waals surface area contributed by atoms with Crippen LogP contribution in [0.4, 0.5) is 13.2 Å². The molecule has 0 unspecified atom stereocenters. The molecule has 214 valence electrons. The predicted octanol–water partition coefficient (Wildman–Crippen LogP) is 9.59. The third kappa shape index (κ3) is 7.98. The summed E-state index contributed by atoms with van der Waals surface area (Å²) in [5.74, 6) is -1.95. The molecule has 1 fully saturated rings. The van der Waals surface area contributed by atoms with Crippen molar-refractivity contribution in [2.24, 2.45) is 5.92 Å². The second-order valence-corrected chi connectivity index (χ2v) is 10.4. The average Bonchev–Trinajstić information content (AvgIpc) is 2.98. The van der Waals surface area contributed by atoms with Crippen molar-refractivity contribution in [1.29, 1.82) is 0 Å². The van der Waals surface area contributed by atoms with E-state index in [1.807, 2.05) is 6.07 Å². The molecule has 1 saturated heterocycles. The quantitative estimate of drug-likeness (QED) is 0.198. The highest BCUT2D eigenvalue weighted by molar-refractivity contribution is 5.72. The monoisotopic (exact) mass is 552 g/mol. The van der Waals surface area contributed by atoms with Gasteiger partial charge in [-0.1, -0.05) is 88.4 Å². The van der Waals surface area contributed by atoms with Crippen LogP contribution in [-0.2, 0) is 9.47 Å². The second kappa shape index (κ2) is 15.1. The van der Waals surface area contributed by atoms with Crippen LogP contribution in [0, 0.1) is 23.4 Å². The lowest BCUT2D eigenvalue weighted by Gasteiger charge is -2.27. The zero-order valence-corrected chi connectivity index (χ0v) is 23.4. The summed E-state index contributed by atoms with van der Waals surface area (Å²) in [7, 11) is 0. The molecule has 4 rings (SSSR count). The van der Waals surface area contributed by atoms with Crippen molar-refractivity contribution in [2.75, 3.05) is 19.8 Å². The number of unbranched alkanes of at least 4 members (excludes halogenated alkanes) is 4. The molecule has 0 aromatic heterocycles. The van der Waals surface area contributed by atoms with Gasteiger partial charge < -0.3 is 14.2 Å². The Labute approximate surface area is 236 Å². The normalized spacial score (nSPS) is 17.4. The van der Waals surface area contributed by atoms with Crippen molar-refractivity contribution in [3.63, 3.8) is 0 Å². The van der Waals surface area contributed by atoms with Gasteiger partial charge in [-0.2, -0.15) is 4.39 Å². The highest BCUT2D eigenvalue weighted by Crippen LogP contribution is 2.32. The van der Waals surface area contributed by atoms with Gasteiger partial charge in [-0.15, -0.1) is 0 Å². The molecule has 3 aromatic rings. The molecule has 0 atom stereocenters. The fraction of sp³-hybridized carbons (Fsp3) is 0.412. The van der Waals surface area contributed by atoms with Crippen molar-refractivity contribution in [1.82, 2.24) is 0 Å². The Morgan fingerprint density at radius 1 is 0.775 bits per heavy atom. The number of hydrogen-bond donors (Lipinski definition) is 0. The van der Waals surface area contributed by atoms with E-state index < -0.39 is 17.9 Å². The molecule has 6 heteroatoms. The summed E-state index contributed by atoms with van der Waals surface area (Å²) >= 11 is 0. The maximum absolute atomic E-state index is 14.9. The van der Waals surface area contributed by atoms with Crippen LogP contribution in [0.1, 0.15) is 64.4 Å². The van der Waals surface area contributed by atoms with Gasteiger partial charge in [0, 0.05) is 17.0 Å². The molecule has 0 saturated carbocycles.